The first-order chi connectivity index (χ1) is 13.6. The zero-order chi connectivity index (χ0) is 19.9. The van der Waals surface area contributed by atoms with Crippen LogP contribution in [0.1, 0.15) is 51.0 Å². The highest BCUT2D eigenvalue weighted by Gasteiger charge is 2.34. The number of nitrogens with zero attached hydrogens (tertiary/aromatic N) is 5. The van der Waals surface area contributed by atoms with Crippen molar-refractivity contribution in [1.82, 2.24) is 25.1 Å². The maximum absolute atomic E-state index is 12.0. The van der Waals surface area contributed by atoms with E-state index >= 15 is 0 Å². The first kappa shape index (κ1) is 20.5. The van der Waals surface area contributed by atoms with E-state index in [-0.39, 0.29) is 17.9 Å². The van der Waals surface area contributed by atoms with E-state index in [1.807, 2.05) is 17.7 Å². The van der Waals surface area contributed by atoms with Gasteiger partial charge in [-0.3, -0.25) is 9.69 Å². The summed E-state index contributed by atoms with van der Waals surface area (Å²) in [4.78, 5) is 14.5. The molecule has 0 unspecified atom stereocenters. The smallest absolute Gasteiger partial charge is 0.309 e. The first-order valence-corrected chi connectivity index (χ1v) is 10.3. The van der Waals surface area contributed by atoms with Crippen molar-refractivity contribution in [3.8, 4) is 0 Å². The maximum atomic E-state index is 12.0. The number of aromatic nitrogens is 4. The van der Waals surface area contributed by atoms with Gasteiger partial charge in [-0.2, -0.15) is 0 Å². The van der Waals surface area contributed by atoms with E-state index in [1.54, 1.807) is 0 Å². The highest BCUT2D eigenvalue weighted by atomic mass is 16.5. The summed E-state index contributed by atoms with van der Waals surface area (Å²) < 4.78 is 7.14. The molecule has 0 aliphatic carbocycles. The van der Waals surface area contributed by atoms with Crippen LogP contribution in [0.5, 0.6) is 0 Å². The summed E-state index contributed by atoms with van der Waals surface area (Å²) in [5.74, 6) is 1.25. The average Bonchev–Trinajstić information content (AvgIpc) is 3.16. The molecular weight excluding hydrogens is 354 g/mol. The van der Waals surface area contributed by atoms with E-state index in [4.69, 9.17) is 4.74 Å². The lowest BCUT2D eigenvalue weighted by atomic mass is 9.93. The standard InChI is InChI=1S/C21H31N5O2/c1-4-28-21(27)18-11-13-25(14-12-18)19(16(2)3)20-22-23-24-26(20)15-10-17-8-6-5-7-9-17/h5-9,16,18-19H,4,10-15H2,1-3H3/t19-/m1/s1. The number of hydrogen-bond donors (Lipinski definition) is 0. The monoisotopic (exact) mass is 385 g/mol. The molecule has 1 atom stereocenters. The molecule has 28 heavy (non-hydrogen) atoms. The lowest BCUT2D eigenvalue weighted by Crippen LogP contribution is -2.42. The number of aryl methyl sites for hydroxylation is 2. The Kier molecular flexibility index (Phi) is 7.14. The van der Waals surface area contributed by atoms with Crippen LogP contribution >= 0.6 is 0 Å². The van der Waals surface area contributed by atoms with Crippen LogP contribution in [0, 0.1) is 11.8 Å². The Hall–Kier alpha value is -2.28. The second-order valence-corrected chi connectivity index (χ2v) is 7.75. The molecule has 1 saturated heterocycles. The summed E-state index contributed by atoms with van der Waals surface area (Å²) in [5.41, 5.74) is 1.28. The van der Waals surface area contributed by atoms with Gasteiger partial charge in [0.1, 0.15) is 0 Å². The normalized spacial score (nSPS) is 17.0. The van der Waals surface area contributed by atoms with E-state index in [9.17, 15) is 4.79 Å². The van der Waals surface area contributed by atoms with Gasteiger partial charge < -0.3 is 4.74 Å². The molecule has 2 heterocycles. The fourth-order valence-electron chi connectivity index (χ4n) is 4.02. The molecule has 1 aromatic carbocycles. The van der Waals surface area contributed by atoms with Gasteiger partial charge in [0, 0.05) is 6.54 Å². The Morgan fingerprint density at radius 2 is 1.93 bits per heavy atom. The van der Waals surface area contributed by atoms with Gasteiger partial charge in [-0.25, -0.2) is 4.68 Å². The second-order valence-electron chi connectivity index (χ2n) is 7.75. The van der Waals surface area contributed by atoms with Crippen molar-refractivity contribution in [2.24, 2.45) is 11.8 Å². The summed E-state index contributed by atoms with van der Waals surface area (Å²) in [6, 6.07) is 10.5. The summed E-state index contributed by atoms with van der Waals surface area (Å²) in [6.45, 7) is 9.20. The van der Waals surface area contributed by atoms with Gasteiger partial charge >= 0.3 is 5.97 Å². The van der Waals surface area contributed by atoms with Crippen molar-refractivity contribution in [2.75, 3.05) is 19.7 Å². The number of hydrogen-bond acceptors (Lipinski definition) is 6. The van der Waals surface area contributed by atoms with Crippen molar-refractivity contribution in [1.29, 1.82) is 0 Å². The fourth-order valence-corrected chi connectivity index (χ4v) is 4.02. The summed E-state index contributed by atoms with van der Waals surface area (Å²) >= 11 is 0. The van der Waals surface area contributed by atoms with Crippen LogP contribution in [0.4, 0.5) is 0 Å². The molecule has 1 aromatic heterocycles. The number of likely N-dealkylation sites (tertiary alicyclic amines) is 1. The molecular formula is C21H31N5O2. The van der Waals surface area contributed by atoms with Crippen molar-refractivity contribution in [2.45, 2.75) is 52.6 Å². The van der Waals surface area contributed by atoms with E-state index in [0.717, 1.165) is 44.7 Å². The molecule has 0 radical (unpaired) electrons. The number of esters is 1. The lowest BCUT2D eigenvalue weighted by molar-refractivity contribution is -0.150. The second kappa shape index (κ2) is 9.78. The highest BCUT2D eigenvalue weighted by Crippen LogP contribution is 2.31. The van der Waals surface area contributed by atoms with Gasteiger partial charge in [-0.15, -0.1) is 5.10 Å². The Morgan fingerprint density at radius 3 is 2.57 bits per heavy atom. The van der Waals surface area contributed by atoms with Gasteiger partial charge in [0.25, 0.3) is 0 Å². The minimum atomic E-state index is -0.0593. The van der Waals surface area contributed by atoms with Crippen LogP contribution in [0.3, 0.4) is 0 Å². The lowest BCUT2D eigenvalue weighted by Gasteiger charge is -2.38. The number of benzene rings is 1. The molecule has 1 fully saturated rings. The van der Waals surface area contributed by atoms with E-state index in [1.165, 1.54) is 5.56 Å². The molecule has 1 aliphatic heterocycles. The van der Waals surface area contributed by atoms with Crippen molar-refractivity contribution in [3.63, 3.8) is 0 Å². The molecule has 3 rings (SSSR count). The molecule has 7 nitrogen and oxygen atoms in total. The van der Waals surface area contributed by atoms with Crippen LogP contribution in [0.2, 0.25) is 0 Å². The number of carbonyl (C=O) groups is 1. The molecule has 2 aromatic rings. The van der Waals surface area contributed by atoms with Gasteiger partial charge in [-0.1, -0.05) is 44.2 Å². The van der Waals surface area contributed by atoms with Crippen LogP contribution in [-0.2, 0) is 22.5 Å². The Labute approximate surface area is 167 Å². The maximum Gasteiger partial charge on any atom is 0.309 e. The number of carbonyl (C=O) groups excluding carboxylic acids is 1. The first-order valence-electron chi connectivity index (χ1n) is 10.3. The van der Waals surface area contributed by atoms with Crippen LogP contribution in [-0.4, -0.2) is 50.8 Å². The topological polar surface area (TPSA) is 73.1 Å². The SMILES string of the molecule is CCOC(=O)C1CCN([C@@H](c2nnnn2CCc2ccccc2)C(C)C)CC1. The summed E-state index contributed by atoms with van der Waals surface area (Å²) in [6.07, 6.45) is 2.55. The van der Waals surface area contributed by atoms with Gasteiger partial charge in [0.05, 0.1) is 18.6 Å². The third kappa shape index (κ3) is 4.95. The third-order valence-corrected chi connectivity index (χ3v) is 5.45. The van der Waals surface area contributed by atoms with Gasteiger partial charge in [-0.05, 0) is 61.2 Å². The Balaban J connectivity index is 1.67. The van der Waals surface area contributed by atoms with Crippen molar-refractivity contribution < 1.29 is 9.53 Å². The minimum absolute atomic E-state index is 0.0121. The average molecular weight is 386 g/mol. The number of piperidine rings is 1. The third-order valence-electron chi connectivity index (χ3n) is 5.45. The van der Waals surface area contributed by atoms with Gasteiger partial charge in [0.2, 0.25) is 0 Å². The van der Waals surface area contributed by atoms with Crippen molar-refractivity contribution >= 4 is 5.97 Å². The Morgan fingerprint density at radius 1 is 1.21 bits per heavy atom. The molecule has 0 N–H and O–H groups in total. The van der Waals surface area contributed by atoms with E-state index in [0.29, 0.717) is 12.5 Å². The van der Waals surface area contributed by atoms with Crippen LogP contribution < -0.4 is 0 Å². The number of rotatable bonds is 8. The number of ether oxygens (including phenoxy) is 1. The quantitative estimate of drug-likeness (QED) is 0.651. The zero-order valence-electron chi connectivity index (χ0n) is 17.1. The number of tetrazole rings is 1. The molecule has 7 heteroatoms. The minimum Gasteiger partial charge on any atom is -0.466 e. The predicted molar refractivity (Wildman–Crippen MR) is 106 cm³/mol. The highest BCUT2D eigenvalue weighted by molar-refractivity contribution is 5.72. The molecule has 1 aliphatic rings. The summed E-state index contributed by atoms with van der Waals surface area (Å²) in [5, 5.41) is 12.6. The van der Waals surface area contributed by atoms with Crippen LogP contribution in [0.25, 0.3) is 0 Å². The van der Waals surface area contributed by atoms with Gasteiger partial charge in [0.15, 0.2) is 5.82 Å². The molecule has 152 valence electrons. The summed E-state index contributed by atoms with van der Waals surface area (Å²) in [7, 11) is 0. The molecule has 0 amide bonds. The van der Waals surface area contributed by atoms with E-state index in [2.05, 4.69) is 58.5 Å². The predicted octanol–water partition coefficient (Wildman–Crippen LogP) is 2.89. The van der Waals surface area contributed by atoms with E-state index < -0.39 is 0 Å². The van der Waals surface area contributed by atoms with Crippen LogP contribution in [0.15, 0.2) is 30.3 Å². The zero-order valence-corrected chi connectivity index (χ0v) is 17.1. The Bertz CT molecular complexity index is 738. The molecule has 0 saturated carbocycles. The molecule has 0 bridgehead atoms. The largest absolute Gasteiger partial charge is 0.466 e. The fraction of sp³-hybridized carbons (Fsp3) is 0.619. The molecule has 0 spiro atoms. The van der Waals surface area contributed by atoms with Crippen molar-refractivity contribution in [3.05, 3.63) is 41.7 Å².